The number of hydrogen-bond donors (Lipinski definition) is 1. The van der Waals surface area contributed by atoms with Gasteiger partial charge >= 0.3 is 19.5 Å². The van der Waals surface area contributed by atoms with Gasteiger partial charge in [-0.1, -0.05) is 41.5 Å². The fraction of sp³-hybridized carbons (Fsp3) is 0.387. The number of benzene rings is 5. The van der Waals surface area contributed by atoms with Crippen LogP contribution in [0.5, 0.6) is 46.0 Å². The second-order valence-corrected chi connectivity index (χ2v) is 26.4. The molecule has 1 atom stereocenters. The number of fused-ring (bicyclic) bond motifs is 23. The molecule has 8 heterocycles. The van der Waals surface area contributed by atoms with E-state index in [4.69, 9.17) is 73.0 Å². The molecule has 3 aromatic heterocycles. The van der Waals surface area contributed by atoms with Gasteiger partial charge in [0.25, 0.3) is 17.4 Å². The van der Waals surface area contributed by atoms with Gasteiger partial charge in [-0.25, -0.2) is 14.2 Å². The summed E-state index contributed by atoms with van der Waals surface area (Å²) >= 11 is -2.14. The smallest absolute Gasteiger partial charge is 0.457 e. The van der Waals surface area contributed by atoms with Gasteiger partial charge < -0.3 is 67.6 Å². The first-order valence-corrected chi connectivity index (χ1v) is 28.9. The van der Waals surface area contributed by atoms with Crippen LogP contribution in [-0.2, 0) is 30.6 Å². The molecule has 3 fully saturated rings. The molecule has 5 aromatic carbocycles. The summed E-state index contributed by atoms with van der Waals surface area (Å²) in [6.45, 7) is 13.8. The van der Waals surface area contributed by atoms with Crippen LogP contribution in [0.2, 0.25) is 0 Å². The minimum Gasteiger partial charge on any atom is -0.457 e. The minimum absolute atomic E-state index is 0. The molecule has 5 aliphatic heterocycles. The topological polar surface area (TPSA) is 207 Å². The average Bonchev–Trinajstić information content (AvgIpc) is 4.39. The Bertz CT molecular complexity index is 4220. The molecule has 8 aromatic rings. The number of rotatable bonds is 3. The van der Waals surface area contributed by atoms with Gasteiger partial charge in [-0.15, -0.1) is 0 Å². The summed E-state index contributed by atoms with van der Waals surface area (Å²) in [5.41, 5.74) is 4.71. The molecule has 16 rings (SSSR count). The van der Waals surface area contributed by atoms with Gasteiger partial charge in [0.15, 0.2) is 45.6 Å². The summed E-state index contributed by atoms with van der Waals surface area (Å²) in [6.07, 6.45) is 10.3. The number of nitrogens with zero attached hydrogens (tertiary/aromatic N) is 8. The third kappa shape index (κ3) is 8.45. The quantitative estimate of drug-likeness (QED) is 0.129. The van der Waals surface area contributed by atoms with Gasteiger partial charge in [-0.2, -0.15) is 0 Å². The Morgan fingerprint density at radius 1 is 0.407 bits per heavy atom. The Morgan fingerprint density at radius 2 is 0.716 bits per heavy atom. The molecule has 17 nitrogen and oxygen atoms in total. The van der Waals surface area contributed by atoms with Gasteiger partial charge in [-0.3, -0.25) is 0 Å². The Labute approximate surface area is 481 Å². The molecule has 8 bridgehead atoms. The summed E-state index contributed by atoms with van der Waals surface area (Å²) in [4.78, 5) is 42.4. The summed E-state index contributed by atoms with van der Waals surface area (Å²) in [5.74, 6) is 3.75. The number of hydrogen-bond acceptors (Lipinski definition) is 14. The van der Waals surface area contributed by atoms with E-state index < -0.39 is 28.4 Å². The molecule has 0 amide bonds. The van der Waals surface area contributed by atoms with E-state index >= 15 is 0 Å². The second-order valence-electron chi connectivity index (χ2n) is 25.4. The van der Waals surface area contributed by atoms with Crippen LogP contribution in [0.15, 0.2) is 83.8 Å². The molecular weight excluding hydrogens is 1100 g/mol. The maximum absolute atomic E-state index is 11.8. The first-order chi connectivity index (χ1) is 38.3. The van der Waals surface area contributed by atoms with Crippen LogP contribution in [0.3, 0.4) is 0 Å². The molecule has 81 heavy (non-hydrogen) atoms. The van der Waals surface area contributed by atoms with Crippen LogP contribution in [-0.4, -0.2) is 56.0 Å². The Morgan fingerprint density at radius 3 is 1.06 bits per heavy atom. The van der Waals surface area contributed by atoms with Crippen LogP contribution >= 0.6 is 0 Å². The van der Waals surface area contributed by atoms with E-state index in [-0.39, 0.29) is 40.6 Å². The summed E-state index contributed by atoms with van der Waals surface area (Å²) in [7, 11) is 0. The van der Waals surface area contributed by atoms with Crippen molar-refractivity contribution in [3.63, 3.8) is 0 Å². The van der Waals surface area contributed by atoms with Crippen molar-refractivity contribution >= 4 is 55.2 Å². The third-order valence-electron chi connectivity index (χ3n) is 18.0. The van der Waals surface area contributed by atoms with E-state index in [0.29, 0.717) is 136 Å². The van der Waals surface area contributed by atoms with Crippen molar-refractivity contribution in [3.8, 4) is 91.5 Å². The molecule has 8 aliphatic rings. The van der Waals surface area contributed by atoms with Crippen LogP contribution in [0.25, 0.3) is 89.7 Å². The van der Waals surface area contributed by atoms with Crippen molar-refractivity contribution in [1.29, 1.82) is 0 Å². The first-order valence-electron chi connectivity index (χ1n) is 27.8. The predicted octanol–water partition coefficient (Wildman–Crippen LogP) is 13.7. The van der Waals surface area contributed by atoms with Gasteiger partial charge in [0.1, 0.15) is 11.5 Å². The molecule has 3 saturated carbocycles. The van der Waals surface area contributed by atoms with Crippen molar-refractivity contribution in [3.05, 3.63) is 78.9 Å². The zero-order valence-electron chi connectivity index (χ0n) is 45.9. The van der Waals surface area contributed by atoms with E-state index in [9.17, 15) is 8.76 Å². The zero-order valence-corrected chi connectivity index (χ0v) is 49.7. The Kier molecular flexibility index (Phi) is 10.9. The number of ether oxygens (including phenoxy) is 7. The van der Waals surface area contributed by atoms with Crippen molar-refractivity contribution in [2.75, 3.05) is 0 Å². The maximum atomic E-state index is 11.8. The zero-order chi connectivity index (χ0) is 54.3. The van der Waals surface area contributed by atoms with Crippen LogP contribution < -0.4 is 43.1 Å². The Hall–Kier alpha value is -7.21. The fourth-order valence-corrected chi connectivity index (χ4v) is 13.1. The van der Waals surface area contributed by atoms with Gasteiger partial charge in [0.2, 0.25) is 0 Å². The van der Waals surface area contributed by atoms with E-state index in [1.807, 2.05) is 54.6 Å². The number of aromatic nitrogens is 8. The average molecular weight is 1150 g/mol. The molecule has 1 N–H and O–H groups in total. The molecule has 406 valence electrons. The first kappa shape index (κ1) is 50.7. The van der Waals surface area contributed by atoms with Crippen molar-refractivity contribution < 1.29 is 61.4 Å². The SMILES string of the molecule is CC1(C)CCC2(CC1)Oc1cc3c(cc1O2)-c1nc-3nc2[n-]c(nc3nc(nc4[n-]c(n1)c1cc5c(cc41)OC1(CCC(C)(C)CC1)O5)-c1cc(Oc4ccc(S(=O)O)cc4)ccc1-3)c1cc3c(cc21)OC1(CCC(C)(C)CC1)O3.[Zn+2]. The summed E-state index contributed by atoms with van der Waals surface area (Å²) < 4.78 is 68.6. The standard InChI is InChI=1S/C62H56N8O9S.Zn/c1-57(2)13-19-60(20-14-57)74-43-26-37-38(27-44(43)75-60)53-66-51(37)64-49-35-12-9-33(73-32-7-10-34(11-8-32)80(71)72)25-36(35)50(63-49)65-52-39-28-45-46(77-61(76-45)21-15-58(3,4)16-22-61)29-40(39)54(67-52)69-56-42-31-48-47(30-41(42)55(68-53)70-56)78-62(79-48)23-17-59(5,6)18-24-62;/h7-12,25-31H,13-24H2,1-6H3,(H-2,63,64,65,66,67,68,69,70,71,72);/q-2;+2. The second kappa shape index (κ2) is 17.4. The van der Waals surface area contributed by atoms with E-state index in [1.165, 1.54) is 0 Å². The molecule has 0 saturated heterocycles. The van der Waals surface area contributed by atoms with Crippen LogP contribution in [0.4, 0.5) is 0 Å². The summed E-state index contributed by atoms with van der Waals surface area (Å²) in [6, 6.07) is 23.8. The van der Waals surface area contributed by atoms with Gasteiger partial charge in [0.05, 0.1) is 28.2 Å². The van der Waals surface area contributed by atoms with Crippen molar-refractivity contribution in [2.45, 2.75) is 141 Å². The molecule has 1 unspecified atom stereocenters. The third-order valence-corrected chi connectivity index (χ3v) is 18.7. The predicted molar refractivity (Wildman–Crippen MR) is 298 cm³/mol. The van der Waals surface area contributed by atoms with Gasteiger partial charge in [-0.05, 0) is 155 Å². The Balaban J connectivity index is 0.00000564. The summed E-state index contributed by atoms with van der Waals surface area (Å²) in [5, 5.41) is 2.74. The van der Waals surface area contributed by atoms with Crippen LogP contribution in [0.1, 0.15) is 119 Å². The molecular formula is C62H56N8O9SZn. The van der Waals surface area contributed by atoms with E-state index in [1.54, 1.807) is 24.3 Å². The van der Waals surface area contributed by atoms with Crippen molar-refractivity contribution in [2.24, 2.45) is 16.2 Å². The molecule has 3 spiro atoms. The van der Waals surface area contributed by atoms with Crippen molar-refractivity contribution in [1.82, 2.24) is 39.9 Å². The fourth-order valence-electron chi connectivity index (χ4n) is 12.8. The monoisotopic (exact) mass is 1150 g/mol. The van der Waals surface area contributed by atoms with E-state index in [0.717, 1.165) is 77.0 Å². The molecule has 3 aliphatic carbocycles. The normalized spacial score (nSPS) is 20.5. The molecule has 0 radical (unpaired) electrons. The van der Waals surface area contributed by atoms with E-state index in [2.05, 4.69) is 41.5 Å². The largest absolute Gasteiger partial charge is 2.00 e. The van der Waals surface area contributed by atoms with Gasteiger partial charge in [0, 0.05) is 83.4 Å². The maximum Gasteiger partial charge on any atom is 2.00 e. The minimum atomic E-state index is -2.14. The molecule has 19 heteroatoms. The van der Waals surface area contributed by atoms with Crippen LogP contribution in [0, 0.1) is 16.2 Å².